The number of aromatic nitrogens is 3. The molecule has 3 aromatic rings. The minimum Gasteiger partial charge on any atom is -0.466 e. The van der Waals surface area contributed by atoms with Crippen molar-refractivity contribution in [3.63, 3.8) is 0 Å². The molecule has 2 aliphatic rings. The van der Waals surface area contributed by atoms with E-state index in [0.29, 0.717) is 5.56 Å². The fourth-order valence-electron chi connectivity index (χ4n) is 4.17. The van der Waals surface area contributed by atoms with Gasteiger partial charge in [-0.25, -0.2) is 4.98 Å². The van der Waals surface area contributed by atoms with Gasteiger partial charge < -0.3 is 15.5 Å². The summed E-state index contributed by atoms with van der Waals surface area (Å²) >= 11 is 0. The van der Waals surface area contributed by atoms with Gasteiger partial charge in [0.1, 0.15) is 29.0 Å². The number of nitrogen functional groups attached to an aromatic ring is 1. The van der Waals surface area contributed by atoms with Crippen LogP contribution in [0.3, 0.4) is 0 Å². The lowest BCUT2D eigenvalue weighted by atomic mass is 9.87. The van der Waals surface area contributed by atoms with E-state index >= 15 is 0 Å². The van der Waals surface area contributed by atoms with Gasteiger partial charge in [0.15, 0.2) is 0 Å². The van der Waals surface area contributed by atoms with Crippen LogP contribution in [0.2, 0.25) is 0 Å². The van der Waals surface area contributed by atoms with Gasteiger partial charge in [-0.15, -0.1) is 0 Å². The van der Waals surface area contributed by atoms with Crippen molar-refractivity contribution < 1.29 is 4.42 Å². The van der Waals surface area contributed by atoms with E-state index in [0.717, 1.165) is 84.2 Å². The molecule has 0 aromatic carbocycles. The number of furan rings is 1. The van der Waals surface area contributed by atoms with E-state index in [-0.39, 0.29) is 5.82 Å². The molecule has 7 nitrogen and oxygen atoms in total. The molecule has 3 N–H and O–H groups in total. The Labute approximate surface area is 156 Å². The number of hydrogen-bond acceptors (Lipinski definition) is 6. The molecule has 0 atom stereocenters. The molecule has 136 valence electrons. The van der Waals surface area contributed by atoms with Crippen LogP contribution < -0.4 is 11.1 Å². The summed E-state index contributed by atoms with van der Waals surface area (Å²) < 4.78 is 7.85. The van der Waals surface area contributed by atoms with E-state index in [1.807, 2.05) is 17.7 Å². The van der Waals surface area contributed by atoms with E-state index in [4.69, 9.17) is 15.2 Å². The lowest BCUT2D eigenvalue weighted by Crippen LogP contribution is -2.12. The van der Waals surface area contributed by atoms with Crippen LogP contribution in [0.4, 0.5) is 5.82 Å². The van der Waals surface area contributed by atoms with Gasteiger partial charge in [-0.1, -0.05) is 0 Å². The van der Waals surface area contributed by atoms with Gasteiger partial charge >= 0.3 is 0 Å². The zero-order chi connectivity index (χ0) is 18.5. The number of anilines is 1. The van der Waals surface area contributed by atoms with Crippen LogP contribution in [-0.4, -0.2) is 21.3 Å². The van der Waals surface area contributed by atoms with Gasteiger partial charge in [-0.3, -0.25) is 4.68 Å². The summed E-state index contributed by atoms with van der Waals surface area (Å²) in [5.41, 5.74) is 12.2. The molecule has 3 aromatic heterocycles. The highest BCUT2D eigenvalue weighted by atomic mass is 16.3. The number of rotatable bonds is 1. The normalized spacial score (nSPS) is 15.4. The maximum absolute atomic E-state index is 9.77. The van der Waals surface area contributed by atoms with E-state index in [2.05, 4.69) is 22.4 Å². The van der Waals surface area contributed by atoms with Crippen molar-refractivity contribution in [3.05, 3.63) is 40.5 Å². The maximum Gasteiger partial charge on any atom is 0.142 e. The molecular weight excluding hydrogens is 340 g/mol. The first-order chi connectivity index (χ1) is 13.2. The molecule has 7 heteroatoms. The Hall–Kier alpha value is -3.11. The zero-order valence-electron chi connectivity index (χ0n) is 15.2. The average molecular weight is 360 g/mol. The lowest BCUT2D eigenvalue weighted by Gasteiger charge is -2.19. The molecule has 27 heavy (non-hydrogen) atoms. The van der Waals surface area contributed by atoms with E-state index in [9.17, 15) is 5.26 Å². The van der Waals surface area contributed by atoms with Gasteiger partial charge in [0.2, 0.25) is 0 Å². The first kappa shape index (κ1) is 16.1. The lowest BCUT2D eigenvalue weighted by molar-refractivity contribution is 0.481. The molecule has 0 amide bonds. The highest BCUT2D eigenvalue weighted by molar-refractivity contribution is 5.84. The molecule has 0 saturated carbocycles. The van der Waals surface area contributed by atoms with Crippen molar-refractivity contribution in [2.75, 3.05) is 12.3 Å². The van der Waals surface area contributed by atoms with Crippen LogP contribution >= 0.6 is 0 Å². The van der Waals surface area contributed by atoms with Crippen LogP contribution in [0.25, 0.3) is 22.5 Å². The van der Waals surface area contributed by atoms with E-state index in [1.54, 1.807) is 0 Å². The summed E-state index contributed by atoms with van der Waals surface area (Å²) in [5, 5.41) is 18.0. The van der Waals surface area contributed by atoms with Crippen molar-refractivity contribution in [3.8, 4) is 28.6 Å². The Balaban J connectivity index is 1.76. The van der Waals surface area contributed by atoms with Gasteiger partial charge in [0.05, 0.1) is 17.1 Å². The Kier molecular flexibility index (Phi) is 3.55. The Morgan fingerprint density at radius 3 is 3.07 bits per heavy atom. The van der Waals surface area contributed by atoms with Crippen molar-refractivity contribution in [2.45, 2.75) is 39.3 Å². The van der Waals surface area contributed by atoms with Crippen LogP contribution in [-0.2, 0) is 25.9 Å². The Bertz CT molecular complexity index is 1080. The standard InChI is InChI=1S/C20H20N6O/c1-11-7-14-17(27-11)4-3-13-18(15(9-21)20(22)24-19(13)14)16-8-12-10-23-5-2-6-26(12)25-16/h7-8,23H,2-6,10H2,1H3,(H2,22,24). The predicted octanol–water partition coefficient (Wildman–Crippen LogP) is 2.56. The number of hydrogen-bond donors (Lipinski definition) is 2. The third-order valence-corrected chi connectivity index (χ3v) is 5.38. The highest BCUT2D eigenvalue weighted by Crippen LogP contribution is 2.41. The van der Waals surface area contributed by atoms with Gasteiger partial charge in [-0.2, -0.15) is 10.4 Å². The molecule has 0 unspecified atom stereocenters. The number of nitrogens with one attached hydrogen (secondary N) is 1. The summed E-state index contributed by atoms with van der Waals surface area (Å²) in [6.07, 6.45) is 2.58. The van der Waals surface area contributed by atoms with Gasteiger partial charge in [0, 0.05) is 30.6 Å². The van der Waals surface area contributed by atoms with Crippen molar-refractivity contribution in [1.82, 2.24) is 20.1 Å². The SMILES string of the molecule is Cc1cc2c(o1)CCc1c-2nc(N)c(C#N)c1-c1cc2n(n1)CCCNC2. The molecule has 0 radical (unpaired) electrons. The van der Waals surface area contributed by atoms with Crippen molar-refractivity contribution >= 4 is 5.82 Å². The molecule has 5 rings (SSSR count). The fraction of sp³-hybridized carbons (Fsp3) is 0.350. The molecule has 4 heterocycles. The van der Waals surface area contributed by atoms with Crippen LogP contribution in [0.15, 0.2) is 16.5 Å². The minimum atomic E-state index is 0.249. The smallest absolute Gasteiger partial charge is 0.142 e. The summed E-state index contributed by atoms with van der Waals surface area (Å²) in [7, 11) is 0. The number of aryl methyl sites for hydroxylation is 3. The Morgan fingerprint density at radius 1 is 1.33 bits per heavy atom. The first-order valence-electron chi connectivity index (χ1n) is 9.25. The minimum absolute atomic E-state index is 0.249. The second kappa shape index (κ2) is 5.96. The second-order valence-electron chi connectivity index (χ2n) is 7.15. The van der Waals surface area contributed by atoms with Gasteiger partial charge in [-0.05, 0) is 44.0 Å². The number of fused-ring (bicyclic) bond motifs is 4. The first-order valence-corrected chi connectivity index (χ1v) is 9.25. The summed E-state index contributed by atoms with van der Waals surface area (Å²) in [5.74, 6) is 2.05. The molecule has 1 aliphatic carbocycles. The predicted molar refractivity (Wildman–Crippen MR) is 101 cm³/mol. The summed E-state index contributed by atoms with van der Waals surface area (Å²) in [6.45, 7) is 4.58. The topological polar surface area (TPSA) is 106 Å². The zero-order valence-corrected chi connectivity index (χ0v) is 15.2. The number of pyridine rings is 1. The summed E-state index contributed by atoms with van der Waals surface area (Å²) in [4.78, 5) is 4.57. The molecule has 0 bridgehead atoms. The quantitative estimate of drug-likeness (QED) is 0.691. The number of nitrogens with two attached hydrogens (primary N) is 1. The second-order valence-corrected chi connectivity index (χ2v) is 7.15. The molecule has 0 fully saturated rings. The third kappa shape index (κ3) is 2.45. The van der Waals surface area contributed by atoms with Crippen LogP contribution in [0, 0.1) is 18.3 Å². The average Bonchev–Trinajstić information content (AvgIpc) is 3.16. The van der Waals surface area contributed by atoms with Crippen LogP contribution in [0.1, 0.15) is 34.8 Å². The monoisotopic (exact) mass is 360 g/mol. The molecular formula is C20H20N6O. The summed E-state index contributed by atoms with van der Waals surface area (Å²) in [6, 6.07) is 6.33. The Morgan fingerprint density at radius 2 is 2.22 bits per heavy atom. The largest absolute Gasteiger partial charge is 0.466 e. The highest BCUT2D eigenvalue weighted by Gasteiger charge is 2.29. The number of nitriles is 1. The maximum atomic E-state index is 9.77. The van der Waals surface area contributed by atoms with E-state index < -0.39 is 0 Å². The third-order valence-electron chi connectivity index (χ3n) is 5.38. The van der Waals surface area contributed by atoms with E-state index in [1.165, 1.54) is 0 Å². The fourth-order valence-corrected chi connectivity index (χ4v) is 4.17. The molecule has 1 aliphatic heterocycles. The molecule has 0 spiro atoms. The molecule has 0 saturated heterocycles. The van der Waals surface area contributed by atoms with Crippen LogP contribution in [0.5, 0.6) is 0 Å². The van der Waals surface area contributed by atoms with Crippen molar-refractivity contribution in [1.29, 1.82) is 5.26 Å². The number of nitrogens with zero attached hydrogens (tertiary/aromatic N) is 4. The van der Waals surface area contributed by atoms with Gasteiger partial charge in [0.25, 0.3) is 0 Å². The van der Waals surface area contributed by atoms with Crippen molar-refractivity contribution in [2.24, 2.45) is 0 Å².